The number of hydrogen-bond donors (Lipinski definition) is 1. The first-order chi connectivity index (χ1) is 13.6. The van der Waals surface area contributed by atoms with Crippen molar-refractivity contribution in [3.63, 3.8) is 0 Å². The second kappa shape index (κ2) is 5.18. The molecule has 0 radical (unpaired) electrons. The van der Waals surface area contributed by atoms with Crippen LogP contribution in [-0.2, 0) is 5.54 Å². The van der Waals surface area contributed by atoms with Crippen molar-refractivity contribution in [1.82, 2.24) is 0 Å². The highest BCUT2D eigenvalue weighted by Gasteiger charge is 2.83. The lowest BCUT2D eigenvalue weighted by molar-refractivity contribution is -0.778. The zero-order valence-electron chi connectivity index (χ0n) is 16.5. The van der Waals surface area contributed by atoms with Gasteiger partial charge in [0.1, 0.15) is 5.92 Å². The zero-order valence-corrected chi connectivity index (χ0v) is 16.5. The molecule has 3 heteroatoms. The van der Waals surface area contributed by atoms with Crippen molar-refractivity contribution in [2.75, 3.05) is 6.61 Å². The highest BCUT2D eigenvalue weighted by Crippen LogP contribution is 2.67. The van der Waals surface area contributed by atoms with E-state index < -0.39 is 0 Å². The van der Waals surface area contributed by atoms with Gasteiger partial charge in [0.2, 0.25) is 17.4 Å². The monoisotopic (exact) mass is 368 g/mol. The Morgan fingerprint density at radius 2 is 1.79 bits per heavy atom. The molecule has 1 aliphatic carbocycles. The average molecular weight is 368 g/mol. The van der Waals surface area contributed by atoms with Crippen molar-refractivity contribution >= 4 is 5.57 Å². The summed E-state index contributed by atoms with van der Waals surface area (Å²) in [6.45, 7) is 6.57. The lowest BCUT2D eigenvalue weighted by Crippen LogP contribution is -2.51. The third kappa shape index (κ3) is 1.78. The molecule has 3 atom stereocenters. The van der Waals surface area contributed by atoms with Crippen LogP contribution in [0.4, 0.5) is 0 Å². The molecule has 1 spiro atoms. The molecular weight excluding hydrogens is 344 g/mol. The van der Waals surface area contributed by atoms with E-state index in [2.05, 4.69) is 90.8 Å². The van der Waals surface area contributed by atoms with Crippen LogP contribution in [0.25, 0.3) is 16.8 Å². The summed E-state index contributed by atoms with van der Waals surface area (Å²) in [5.41, 5.74) is 9.96. The van der Waals surface area contributed by atoms with Gasteiger partial charge >= 0.3 is 0 Å². The molecule has 2 aliphatic heterocycles. The molecule has 3 unspecified atom stereocenters. The summed E-state index contributed by atoms with van der Waals surface area (Å²) in [7, 11) is 0. The Balaban J connectivity index is 1.67. The fourth-order valence-corrected chi connectivity index (χ4v) is 5.61. The predicted octanol–water partition coefficient (Wildman–Crippen LogP) is 3.29. The van der Waals surface area contributed by atoms with E-state index in [-0.39, 0.29) is 12.1 Å². The van der Waals surface area contributed by atoms with E-state index in [1.165, 1.54) is 33.5 Å². The van der Waals surface area contributed by atoms with Gasteiger partial charge in [0.05, 0.1) is 17.7 Å². The number of rotatable bonds is 1. The number of aliphatic hydroxyl groups excluding tert-OH is 1. The first-order valence-corrected chi connectivity index (χ1v) is 10.0. The van der Waals surface area contributed by atoms with Gasteiger partial charge in [0.15, 0.2) is 12.4 Å². The predicted molar refractivity (Wildman–Crippen MR) is 108 cm³/mol. The summed E-state index contributed by atoms with van der Waals surface area (Å²) in [5.74, 6) is 0.387. The molecule has 6 rings (SSSR count). The molecule has 1 saturated carbocycles. The van der Waals surface area contributed by atoms with E-state index in [0.29, 0.717) is 12.0 Å². The van der Waals surface area contributed by atoms with Gasteiger partial charge in [0, 0.05) is 29.3 Å². The minimum absolute atomic E-state index is 0.0800. The van der Waals surface area contributed by atoms with Crippen LogP contribution in [0.1, 0.15) is 39.9 Å². The topological polar surface area (TPSA) is 28.0 Å². The Morgan fingerprint density at radius 3 is 2.61 bits per heavy atom. The molecule has 138 valence electrons. The van der Waals surface area contributed by atoms with E-state index in [0.717, 1.165) is 11.3 Å². The van der Waals surface area contributed by atoms with Crippen LogP contribution in [-0.4, -0.2) is 11.7 Å². The number of allylic oxidation sites excluding steroid dienone is 1. The molecule has 0 amide bonds. The Labute approximate surface area is 165 Å². The van der Waals surface area contributed by atoms with Gasteiger partial charge in [-0.05, 0) is 44.0 Å². The number of pyridine rings is 2. The lowest BCUT2D eigenvalue weighted by Gasteiger charge is -2.12. The number of aliphatic hydroxyl groups is 1. The standard InChI is InChI=1S/C25H24N2O/c1-15-8-9-21-19-6-4-5-7-20(19)23-24(26(21)12-15)25(23)11-18(14-28)22-10-16(2)17(3)13-27(22)25/h4-13,23-24,28H,14H2,1-3H3/q+2. The molecule has 0 saturated heterocycles. The molecule has 3 aromatic rings. The van der Waals surface area contributed by atoms with E-state index in [1.807, 2.05) is 0 Å². The van der Waals surface area contributed by atoms with Crippen molar-refractivity contribution in [2.24, 2.45) is 0 Å². The minimum atomic E-state index is -0.133. The maximum absolute atomic E-state index is 10.1. The summed E-state index contributed by atoms with van der Waals surface area (Å²) < 4.78 is 4.92. The smallest absolute Gasteiger partial charge is 0.263 e. The SMILES string of the molecule is Cc1ccc2[n+](c1)C1C(c3ccccc3-2)C12C=C(CO)c1cc(C)c(C)c[n+]12. The van der Waals surface area contributed by atoms with E-state index >= 15 is 0 Å². The molecule has 1 aromatic carbocycles. The lowest BCUT2D eigenvalue weighted by atomic mass is 9.95. The van der Waals surface area contributed by atoms with Crippen molar-refractivity contribution in [2.45, 2.75) is 38.3 Å². The largest absolute Gasteiger partial charge is 0.391 e. The van der Waals surface area contributed by atoms with Crippen molar-refractivity contribution in [3.8, 4) is 11.3 Å². The third-order valence-electron chi connectivity index (χ3n) is 7.05. The van der Waals surface area contributed by atoms with Gasteiger partial charge in [-0.15, -0.1) is 0 Å². The molecule has 3 aliphatic rings. The maximum Gasteiger partial charge on any atom is 0.263 e. The normalized spacial score (nSPS) is 25.6. The van der Waals surface area contributed by atoms with Gasteiger partial charge in [-0.25, -0.2) is 0 Å². The molecule has 0 bridgehead atoms. The highest BCUT2D eigenvalue weighted by atomic mass is 16.3. The molecule has 1 fully saturated rings. The fraction of sp³-hybridized carbons (Fsp3) is 0.280. The Morgan fingerprint density at radius 1 is 0.964 bits per heavy atom. The average Bonchev–Trinajstić information content (AvgIpc) is 3.27. The number of aryl methyl sites for hydroxylation is 3. The number of hydrogen-bond acceptors (Lipinski definition) is 1. The summed E-state index contributed by atoms with van der Waals surface area (Å²) in [6.07, 6.45) is 6.93. The van der Waals surface area contributed by atoms with Gasteiger partial charge in [-0.3, -0.25) is 0 Å². The maximum atomic E-state index is 10.1. The van der Waals surface area contributed by atoms with Crippen LogP contribution < -0.4 is 9.13 Å². The quantitative estimate of drug-likeness (QED) is 0.656. The molecule has 28 heavy (non-hydrogen) atoms. The van der Waals surface area contributed by atoms with Gasteiger partial charge in [-0.2, -0.15) is 9.13 Å². The Bertz CT molecular complexity index is 1210. The van der Waals surface area contributed by atoms with Crippen LogP contribution in [0.15, 0.2) is 60.9 Å². The van der Waals surface area contributed by atoms with E-state index in [4.69, 9.17) is 0 Å². The summed E-state index contributed by atoms with van der Waals surface area (Å²) in [6, 6.07) is 15.9. The van der Waals surface area contributed by atoms with Crippen LogP contribution in [0.5, 0.6) is 0 Å². The number of nitrogens with zero attached hydrogens (tertiary/aromatic N) is 2. The van der Waals surface area contributed by atoms with Crippen LogP contribution >= 0.6 is 0 Å². The summed E-state index contributed by atoms with van der Waals surface area (Å²) in [4.78, 5) is 0. The first kappa shape index (κ1) is 16.2. The molecule has 3 nitrogen and oxygen atoms in total. The van der Waals surface area contributed by atoms with E-state index in [1.54, 1.807) is 0 Å². The minimum Gasteiger partial charge on any atom is -0.391 e. The fourth-order valence-electron chi connectivity index (χ4n) is 5.61. The van der Waals surface area contributed by atoms with Crippen LogP contribution in [0, 0.1) is 20.8 Å². The van der Waals surface area contributed by atoms with Gasteiger partial charge in [0.25, 0.3) is 5.54 Å². The van der Waals surface area contributed by atoms with Crippen LogP contribution in [0.2, 0.25) is 0 Å². The third-order valence-corrected chi connectivity index (χ3v) is 7.05. The molecular formula is C25H24N2O+2. The first-order valence-electron chi connectivity index (χ1n) is 10.0. The summed E-state index contributed by atoms with van der Waals surface area (Å²) >= 11 is 0. The number of fused-ring (bicyclic) bond motifs is 10. The van der Waals surface area contributed by atoms with Crippen molar-refractivity contribution in [1.29, 1.82) is 0 Å². The second-order valence-electron chi connectivity index (χ2n) is 8.62. The van der Waals surface area contributed by atoms with Crippen molar-refractivity contribution < 1.29 is 14.2 Å². The highest BCUT2D eigenvalue weighted by molar-refractivity contribution is 5.71. The second-order valence-corrected chi connectivity index (χ2v) is 8.62. The molecule has 1 N–H and O–H groups in total. The zero-order chi connectivity index (χ0) is 19.2. The van der Waals surface area contributed by atoms with Crippen molar-refractivity contribution in [3.05, 3.63) is 88.9 Å². The Hall–Kier alpha value is -2.78. The molecule has 4 heterocycles. The number of aromatic nitrogens is 2. The van der Waals surface area contributed by atoms with Gasteiger partial charge < -0.3 is 5.11 Å². The summed E-state index contributed by atoms with van der Waals surface area (Å²) in [5, 5.41) is 10.1. The van der Waals surface area contributed by atoms with E-state index in [9.17, 15) is 5.11 Å². The van der Waals surface area contributed by atoms with Gasteiger partial charge in [-0.1, -0.05) is 18.2 Å². The molecule has 2 aromatic heterocycles. The van der Waals surface area contributed by atoms with Crippen LogP contribution in [0.3, 0.4) is 0 Å². The Kier molecular flexibility index (Phi) is 3.00. The number of benzene rings is 1.